The molecule has 1 aromatic carbocycles. The van der Waals surface area contributed by atoms with Crippen molar-refractivity contribution in [3.05, 3.63) is 33.9 Å². The summed E-state index contributed by atoms with van der Waals surface area (Å²) in [5.74, 6) is 0.388. The maximum absolute atomic E-state index is 11.8. The first-order valence-corrected chi connectivity index (χ1v) is 6.23. The van der Waals surface area contributed by atoms with Crippen LogP contribution in [0.25, 0.3) is 0 Å². The highest BCUT2D eigenvalue weighted by molar-refractivity contribution is 5.95. The lowest BCUT2D eigenvalue weighted by Crippen LogP contribution is -2.21. The van der Waals surface area contributed by atoms with Gasteiger partial charge in [0, 0.05) is 32.3 Å². The second-order valence-electron chi connectivity index (χ2n) is 5.01. The first-order valence-electron chi connectivity index (χ1n) is 6.23. The molecule has 6 heteroatoms. The van der Waals surface area contributed by atoms with Crippen LogP contribution in [0.5, 0.6) is 0 Å². The van der Waals surface area contributed by atoms with Gasteiger partial charge in [-0.05, 0) is 30.9 Å². The quantitative estimate of drug-likeness (QED) is 0.652. The molecule has 0 bridgehead atoms. The molecule has 0 radical (unpaired) electrons. The number of anilines is 1. The lowest BCUT2D eigenvalue weighted by molar-refractivity contribution is -0.384. The van der Waals surface area contributed by atoms with E-state index in [0.29, 0.717) is 17.2 Å². The number of benzene rings is 1. The Hall–Kier alpha value is -2.11. The van der Waals surface area contributed by atoms with E-state index in [1.54, 1.807) is 26.2 Å². The average molecular weight is 263 g/mol. The van der Waals surface area contributed by atoms with Gasteiger partial charge in [-0.1, -0.05) is 0 Å². The fourth-order valence-electron chi connectivity index (χ4n) is 1.80. The van der Waals surface area contributed by atoms with Gasteiger partial charge in [0.1, 0.15) is 5.69 Å². The number of nitrogens with one attached hydrogen (secondary N) is 1. The average Bonchev–Trinajstić information content (AvgIpc) is 3.19. The number of amides is 1. The van der Waals surface area contributed by atoms with E-state index in [9.17, 15) is 14.9 Å². The minimum Gasteiger partial charge on any atom is -0.379 e. The predicted octanol–water partition coefficient (Wildman–Crippen LogP) is 2.12. The zero-order valence-corrected chi connectivity index (χ0v) is 11.0. The van der Waals surface area contributed by atoms with E-state index in [1.807, 2.05) is 0 Å². The summed E-state index contributed by atoms with van der Waals surface area (Å²) >= 11 is 0. The summed E-state index contributed by atoms with van der Waals surface area (Å²) in [5, 5.41) is 14.2. The van der Waals surface area contributed by atoms with Crippen molar-refractivity contribution in [2.24, 2.45) is 5.92 Å². The van der Waals surface area contributed by atoms with E-state index in [0.717, 1.165) is 6.54 Å². The monoisotopic (exact) mass is 263 g/mol. The van der Waals surface area contributed by atoms with Gasteiger partial charge in [-0.25, -0.2) is 0 Å². The summed E-state index contributed by atoms with van der Waals surface area (Å²) in [5.41, 5.74) is 0.759. The molecule has 1 N–H and O–H groups in total. The van der Waals surface area contributed by atoms with Gasteiger partial charge in [-0.15, -0.1) is 0 Å². The summed E-state index contributed by atoms with van der Waals surface area (Å²) in [7, 11) is 3.24. The van der Waals surface area contributed by atoms with Crippen molar-refractivity contribution in [1.29, 1.82) is 0 Å². The molecule has 102 valence electrons. The third-order valence-electron chi connectivity index (χ3n) is 3.13. The highest BCUT2D eigenvalue weighted by Crippen LogP contribution is 2.31. The van der Waals surface area contributed by atoms with Crippen LogP contribution < -0.4 is 5.32 Å². The Morgan fingerprint density at radius 1 is 1.47 bits per heavy atom. The van der Waals surface area contributed by atoms with Gasteiger partial charge in [0.25, 0.3) is 11.6 Å². The number of carbonyl (C=O) groups excluding carboxylic acids is 1. The SMILES string of the molecule is CN(C)C(=O)c1ccc(NCC2CC2)c([N+](=O)[O-])c1. The Kier molecular flexibility index (Phi) is 3.69. The molecule has 6 nitrogen and oxygen atoms in total. The number of nitro benzene ring substituents is 1. The third kappa shape index (κ3) is 3.21. The maximum atomic E-state index is 11.8. The van der Waals surface area contributed by atoms with Crippen LogP contribution in [-0.2, 0) is 0 Å². The topological polar surface area (TPSA) is 75.5 Å². The van der Waals surface area contributed by atoms with Crippen molar-refractivity contribution >= 4 is 17.3 Å². The number of hydrogen-bond acceptors (Lipinski definition) is 4. The molecule has 0 spiro atoms. The third-order valence-corrected chi connectivity index (χ3v) is 3.13. The van der Waals surface area contributed by atoms with Crippen LogP contribution in [0.4, 0.5) is 11.4 Å². The van der Waals surface area contributed by atoms with Crippen LogP contribution in [0.2, 0.25) is 0 Å². The molecule has 1 amide bonds. The molecule has 1 aliphatic rings. The lowest BCUT2D eigenvalue weighted by atomic mass is 10.1. The van der Waals surface area contributed by atoms with Crippen LogP contribution in [0.1, 0.15) is 23.2 Å². The van der Waals surface area contributed by atoms with Crippen molar-refractivity contribution < 1.29 is 9.72 Å². The van der Waals surface area contributed by atoms with Crippen molar-refractivity contribution in [1.82, 2.24) is 4.90 Å². The van der Waals surface area contributed by atoms with E-state index in [4.69, 9.17) is 0 Å². The molecule has 0 heterocycles. The fraction of sp³-hybridized carbons (Fsp3) is 0.462. The molecule has 1 fully saturated rings. The Morgan fingerprint density at radius 2 is 2.16 bits per heavy atom. The molecule has 19 heavy (non-hydrogen) atoms. The van der Waals surface area contributed by atoms with E-state index >= 15 is 0 Å². The van der Waals surface area contributed by atoms with Crippen molar-refractivity contribution in [2.75, 3.05) is 26.0 Å². The van der Waals surface area contributed by atoms with Gasteiger partial charge in [0.2, 0.25) is 0 Å². The number of rotatable bonds is 5. The highest BCUT2D eigenvalue weighted by Gasteiger charge is 2.23. The van der Waals surface area contributed by atoms with E-state index < -0.39 is 4.92 Å². The van der Waals surface area contributed by atoms with Crippen LogP contribution in [0.15, 0.2) is 18.2 Å². The van der Waals surface area contributed by atoms with Crippen molar-refractivity contribution in [2.45, 2.75) is 12.8 Å². The van der Waals surface area contributed by atoms with Gasteiger partial charge >= 0.3 is 0 Å². The summed E-state index contributed by atoms with van der Waals surface area (Å²) in [6, 6.07) is 4.55. The standard InChI is InChI=1S/C13H17N3O3/c1-15(2)13(17)10-5-6-11(12(7-10)16(18)19)14-8-9-3-4-9/h5-7,9,14H,3-4,8H2,1-2H3. The highest BCUT2D eigenvalue weighted by atomic mass is 16.6. The number of hydrogen-bond donors (Lipinski definition) is 1. The van der Waals surface area contributed by atoms with Crippen molar-refractivity contribution in [3.8, 4) is 0 Å². The molecule has 2 rings (SSSR count). The Labute approximate surface area is 111 Å². The molecule has 0 aromatic heterocycles. The molecule has 0 aliphatic heterocycles. The van der Waals surface area contributed by atoms with Crippen molar-refractivity contribution in [3.63, 3.8) is 0 Å². The molecular formula is C13H17N3O3. The zero-order chi connectivity index (χ0) is 14.0. The Morgan fingerprint density at radius 3 is 2.68 bits per heavy atom. The van der Waals surface area contributed by atoms with Crippen LogP contribution in [0.3, 0.4) is 0 Å². The van der Waals surface area contributed by atoms with Gasteiger partial charge in [-0.3, -0.25) is 14.9 Å². The van der Waals surface area contributed by atoms with Crippen LogP contribution in [-0.4, -0.2) is 36.4 Å². The molecular weight excluding hydrogens is 246 g/mol. The van der Waals surface area contributed by atoms with E-state index in [2.05, 4.69) is 5.32 Å². The molecule has 0 atom stereocenters. The lowest BCUT2D eigenvalue weighted by Gasteiger charge is -2.11. The van der Waals surface area contributed by atoms with Gasteiger partial charge in [0.05, 0.1) is 4.92 Å². The number of carbonyl (C=O) groups is 1. The van der Waals surface area contributed by atoms with E-state index in [-0.39, 0.29) is 11.6 Å². The van der Waals surface area contributed by atoms with Gasteiger partial charge < -0.3 is 10.2 Å². The smallest absolute Gasteiger partial charge is 0.293 e. The maximum Gasteiger partial charge on any atom is 0.293 e. The van der Waals surface area contributed by atoms with Gasteiger partial charge in [-0.2, -0.15) is 0 Å². The summed E-state index contributed by atoms with van der Waals surface area (Å²) in [6.07, 6.45) is 2.36. The first kappa shape index (κ1) is 13.3. The molecule has 0 saturated heterocycles. The Bertz CT molecular complexity index is 510. The largest absolute Gasteiger partial charge is 0.379 e. The molecule has 1 aromatic rings. The zero-order valence-electron chi connectivity index (χ0n) is 11.0. The van der Waals surface area contributed by atoms with Crippen LogP contribution in [0, 0.1) is 16.0 Å². The summed E-state index contributed by atoms with van der Waals surface area (Å²) < 4.78 is 0. The molecule has 0 unspecified atom stereocenters. The predicted molar refractivity (Wildman–Crippen MR) is 72.3 cm³/mol. The Balaban J connectivity index is 2.23. The number of nitrogens with zero attached hydrogens (tertiary/aromatic N) is 2. The first-order chi connectivity index (χ1) is 8.99. The fourth-order valence-corrected chi connectivity index (χ4v) is 1.80. The minimum atomic E-state index is -0.457. The normalized spacial score (nSPS) is 14.0. The van der Waals surface area contributed by atoms with Crippen LogP contribution >= 0.6 is 0 Å². The second kappa shape index (κ2) is 5.26. The summed E-state index contributed by atoms with van der Waals surface area (Å²) in [4.78, 5) is 23.8. The summed E-state index contributed by atoms with van der Waals surface area (Å²) in [6.45, 7) is 0.752. The van der Waals surface area contributed by atoms with E-state index in [1.165, 1.54) is 23.8 Å². The minimum absolute atomic E-state index is 0.0478. The number of nitro groups is 1. The molecule has 1 aliphatic carbocycles. The molecule has 1 saturated carbocycles. The second-order valence-corrected chi connectivity index (χ2v) is 5.01. The van der Waals surface area contributed by atoms with Gasteiger partial charge in [0.15, 0.2) is 0 Å².